The zero-order valence-corrected chi connectivity index (χ0v) is 10.3. The predicted octanol–water partition coefficient (Wildman–Crippen LogP) is 3.70. The van der Waals surface area contributed by atoms with E-state index < -0.39 is 11.4 Å². The van der Waals surface area contributed by atoms with Crippen molar-refractivity contribution in [2.24, 2.45) is 17.3 Å². The molecule has 2 unspecified atom stereocenters. The van der Waals surface area contributed by atoms with Gasteiger partial charge in [-0.05, 0) is 24.7 Å². The molecule has 1 N–H and O–H groups in total. The fraction of sp³-hybridized carbons (Fsp3) is 0.923. The largest absolute Gasteiger partial charge is 0.481 e. The van der Waals surface area contributed by atoms with Crippen molar-refractivity contribution in [3.63, 3.8) is 0 Å². The standard InChI is InChI=1S/C13H24O2/c1-4-11(5-2)13(12(14)15)8-6-7-10(3)9-13/h10-11H,4-9H2,1-3H3,(H,14,15). The Kier molecular flexibility index (Phi) is 4.18. The number of hydrogen-bond acceptors (Lipinski definition) is 1. The maximum atomic E-state index is 11.6. The molecule has 0 aliphatic heterocycles. The van der Waals surface area contributed by atoms with Crippen LogP contribution in [0.25, 0.3) is 0 Å². The molecule has 2 heteroatoms. The molecule has 2 nitrogen and oxygen atoms in total. The predicted molar refractivity (Wildman–Crippen MR) is 61.8 cm³/mol. The maximum Gasteiger partial charge on any atom is 0.309 e. The van der Waals surface area contributed by atoms with Crippen LogP contribution in [-0.2, 0) is 4.79 Å². The summed E-state index contributed by atoms with van der Waals surface area (Å²) in [6, 6.07) is 0. The quantitative estimate of drug-likeness (QED) is 0.771. The lowest BCUT2D eigenvalue weighted by molar-refractivity contribution is -0.157. The number of rotatable bonds is 4. The molecular formula is C13H24O2. The van der Waals surface area contributed by atoms with Gasteiger partial charge in [-0.3, -0.25) is 4.79 Å². The van der Waals surface area contributed by atoms with Crippen LogP contribution in [0.4, 0.5) is 0 Å². The molecule has 0 saturated heterocycles. The van der Waals surface area contributed by atoms with E-state index in [0.717, 1.165) is 32.1 Å². The molecule has 2 atom stereocenters. The average Bonchev–Trinajstić information content (AvgIpc) is 2.19. The fourth-order valence-electron chi connectivity index (χ4n) is 3.40. The van der Waals surface area contributed by atoms with Crippen LogP contribution in [0.1, 0.15) is 59.3 Å². The van der Waals surface area contributed by atoms with Gasteiger partial charge in [0.15, 0.2) is 0 Å². The summed E-state index contributed by atoms with van der Waals surface area (Å²) in [6.45, 7) is 6.44. The van der Waals surface area contributed by atoms with Gasteiger partial charge in [0.2, 0.25) is 0 Å². The third-order valence-electron chi connectivity index (χ3n) is 4.23. The molecule has 1 aliphatic carbocycles. The Morgan fingerprint density at radius 2 is 2.07 bits per heavy atom. The highest BCUT2D eigenvalue weighted by molar-refractivity contribution is 5.75. The van der Waals surface area contributed by atoms with Crippen LogP contribution in [0, 0.1) is 17.3 Å². The lowest BCUT2D eigenvalue weighted by atomic mass is 9.61. The molecule has 88 valence electrons. The molecule has 0 amide bonds. The Labute approximate surface area is 93.1 Å². The van der Waals surface area contributed by atoms with Gasteiger partial charge >= 0.3 is 5.97 Å². The van der Waals surface area contributed by atoms with Crippen molar-refractivity contribution < 1.29 is 9.90 Å². The summed E-state index contributed by atoms with van der Waals surface area (Å²) in [5.41, 5.74) is -0.416. The van der Waals surface area contributed by atoms with Gasteiger partial charge in [0.05, 0.1) is 5.41 Å². The first-order valence-corrected chi connectivity index (χ1v) is 6.30. The smallest absolute Gasteiger partial charge is 0.309 e. The minimum atomic E-state index is -0.553. The molecule has 0 heterocycles. The lowest BCUT2D eigenvalue weighted by Gasteiger charge is -2.42. The Hall–Kier alpha value is -0.530. The molecule has 0 spiro atoms. The number of aliphatic carboxylic acids is 1. The van der Waals surface area contributed by atoms with Crippen molar-refractivity contribution in [1.29, 1.82) is 0 Å². The molecule has 1 saturated carbocycles. The van der Waals surface area contributed by atoms with Crippen LogP contribution in [0.3, 0.4) is 0 Å². The molecule has 0 aromatic heterocycles. The van der Waals surface area contributed by atoms with E-state index in [9.17, 15) is 9.90 Å². The fourth-order valence-corrected chi connectivity index (χ4v) is 3.40. The third-order valence-corrected chi connectivity index (χ3v) is 4.23. The molecule has 15 heavy (non-hydrogen) atoms. The number of hydrogen-bond donors (Lipinski definition) is 1. The van der Waals surface area contributed by atoms with Crippen LogP contribution >= 0.6 is 0 Å². The van der Waals surface area contributed by atoms with Gasteiger partial charge in [-0.15, -0.1) is 0 Å². The molecule has 1 fully saturated rings. The molecule has 1 rings (SSSR count). The highest BCUT2D eigenvalue weighted by Crippen LogP contribution is 2.47. The van der Waals surface area contributed by atoms with Crippen molar-refractivity contribution >= 4 is 5.97 Å². The first kappa shape index (κ1) is 12.5. The molecular weight excluding hydrogens is 188 g/mol. The van der Waals surface area contributed by atoms with Gasteiger partial charge in [0.25, 0.3) is 0 Å². The van der Waals surface area contributed by atoms with E-state index in [1.165, 1.54) is 6.42 Å². The third kappa shape index (κ3) is 2.35. The second-order valence-electron chi connectivity index (χ2n) is 5.18. The van der Waals surface area contributed by atoms with Crippen LogP contribution in [0.2, 0.25) is 0 Å². The first-order valence-electron chi connectivity index (χ1n) is 6.30. The number of carbonyl (C=O) groups is 1. The SMILES string of the molecule is CCC(CC)C1(C(=O)O)CCCC(C)C1. The van der Waals surface area contributed by atoms with Gasteiger partial charge in [-0.1, -0.05) is 46.5 Å². The highest BCUT2D eigenvalue weighted by atomic mass is 16.4. The van der Waals surface area contributed by atoms with Crippen molar-refractivity contribution in [1.82, 2.24) is 0 Å². The van der Waals surface area contributed by atoms with E-state index in [0.29, 0.717) is 11.8 Å². The molecule has 0 bridgehead atoms. The van der Waals surface area contributed by atoms with Gasteiger partial charge in [-0.25, -0.2) is 0 Å². The Morgan fingerprint density at radius 1 is 1.47 bits per heavy atom. The maximum absolute atomic E-state index is 11.6. The summed E-state index contributed by atoms with van der Waals surface area (Å²) < 4.78 is 0. The van der Waals surface area contributed by atoms with Crippen molar-refractivity contribution in [3.05, 3.63) is 0 Å². The second kappa shape index (κ2) is 5.00. The minimum absolute atomic E-state index is 0.359. The highest BCUT2D eigenvalue weighted by Gasteiger charge is 2.46. The summed E-state index contributed by atoms with van der Waals surface area (Å²) in [4.78, 5) is 11.6. The number of carboxylic acid groups (broad SMARTS) is 1. The minimum Gasteiger partial charge on any atom is -0.481 e. The summed E-state index contributed by atoms with van der Waals surface area (Å²) in [5.74, 6) is 0.385. The molecule has 0 radical (unpaired) electrons. The van der Waals surface area contributed by atoms with E-state index in [2.05, 4.69) is 20.8 Å². The summed E-state index contributed by atoms with van der Waals surface area (Å²) in [7, 11) is 0. The summed E-state index contributed by atoms with van der Waals surface area (Å²) in [6.07, 6.45) is 6.05. The van der Waals surface area contributed by atoms with E-state index >= 15 is 0 Å². The molecule has 1 aliphatic rings. The van der Waals surface area contributed by atoms with E-state index in [1.807, 2.05) is 0 Å². The van der Waals surface area contributed by atoms with E-state index in [4.69, 9.17) is 0 Å². The van der Waals surface area contributed by atoms with Crippen LogP contribution in [0.15, 0.2) is 0 Å². The lowest BCUT2D eigenvalue weighted by Crippen LogP contribution is -2.42. The van der Waals surface area contributed by atoms with Gasteiger partial charge < -0.3 is 5.11 Å². The Bertz CT molecular complexity index is 221. The Morgan fingerprint density at radius 3 is 2.47 bits per heavy atom. The van der Waals surface area contributed by atoms with Gasteiger partial charge in [0.1, 0.15) is 0 Å². The average molecular weight is 212 g/mol. The normalized spacial score (nSPS) is 31.9. The van der Waals surface area contributed by atoms with Crippen LogP contribution in [-0.4, -0.2) is 11.1 Å². The van der Waals surface area contributed by atoms with Gasteiger partial charge in [-0.2, -0.15) is 0 Å². The zero-order chi connectivity index (χ0) is 11.5. The first-order chi connectivity index (χ1) is 7.06. The van der Waals surface area contributed by atoms with Crippen molar-refractivity contribution in [2.45, 2.75) is 59.3 Å². The van der Waals surface area contributed by atoms with Crippen molar-refractivity contribution in [2.75, 3.05) is 0 Å². The summed E-state index contributed by atoms with van der Waals surface area (Å²) in [5, 5.41) is 9.54. The second-order valence-corrected chi connectivity index (χ2v) is 5.18. The van der Waals surface area contributed by atoms with Gasteiger partial charge in [0, 0.05) is 0 Å². The van der Waals surface area contributed by atoms with E-state index in [1.54, 1.807) is 0 Å². The molecule has 0 aromatic rings. The Balaban J connectivity index is 2.90. The zero-order valence-electron chi connectivity index (χ0n) is 10.3. The molecule has 0 aromatic carbocycles. The summed E-state index contributed by atoms with van der Waals surface area (Å²) >= 11 is 0. The van der Waals surface area contributed by atoms with E-state index in [-0.39, 0.29) is 0 Å². The van der Waals surface area contributed by atoms with Crippen LogP contribution < -0.4 is 0 Å². The monoisotopic (exact) mass is 212 g/mol. The van der Waals surface area contributed by atoms with Crippen LogP contribution in [0.5, 0.6) is 0 Å². The van der Waals surface area contributed by atoms with Crippen molar-refractivity contribution in [3.8, 4) is 0 Å². The number of carboxylic acids is 1. The topological polar surface area (TPSA) is 37.3 Å².